The van der Waals surface area contributed by atoms with Gasteiger partial charge in [-0.05, 0) is 55.7 Å². The van der Waals surface area contributed by atoms with Crippen LogP contribution in [0.3, 0.4) is 0 Å². The summed E-state index contributed by atoms with van der Waals surface area (Å²) in [6, 6.07) is 10.0. The van der Waals surface area contributed by atoms with Crippen LogP contribution in [-0.4, -0.2) is 45.5 Å². The summed E-state index contributed by atoms with van der Waals surface area (Å²) in [5.41, 5.74) is 0.448. The topological polar surface area (TPSA) is 92.8 Å². The quantitative estimate of drug-likeness (QED) is 0.462. The van der Waals surface area contributed by atoms with Crippen LogP contribution in [0, 0.1) is 5.92 Å². The first kappa shape index (κ1) is 23.6. The third kappa shape index (κ3) is 3.82. The van der Waals surface area contributed by atoms with E-state index in [1.807, 2.05) is 0 Å². The molecular formula is C25H22ClN3O5S2. The van der Waals surface area contributed by atoms with Gasteiger partial charge < -0.3 is 9.32 Å². The van der Waals surface area contributed by atoms with Crippen molar-refractivity contribution in [1.82, 2.24) is 9.47 Å². The lowest BCUT2D eigenvalue weighted by molar-refractivity contribution is -0.133. The van der Waals surface area contributed by atoms with E-state index in [-0.39, 0.29) is 29.1 Å². The van der Waals surface area contributed by atoms with Gasteiger partial charge in [0.1, 0.15) is 17.6 Å². The van der Waals surface area contributed by atoms with Crippen molar-refractivity contribution in [3.63, 3.8) is 0 Å². The van der Waals surface area contributed by atoms with Crippen molar-refractivity contribution in [3.05, 3.63) is 68.0 Å². The predicted molar refractivity (Wildman–Crippen MR) is 137 cm³/mol. The molecule has 2 unspecified atom stereocenters. The Bertz CT molecular complexity index is 1390. The smallest absolute Gasteiger partial charge is 0.308 e. The maximum absolute atomic E-state index is 13.7. The number of piperidine rings is 1. The Balaban J connectivity index is 1.41. The van der Waals surface area contributed by atoms with E-state index in [9.17, 15) is 19.2 Å². The van der Waals surface area contributed by atoms with Gasteiger partial charge in [0, 0.05) is 18.1 Å². The van der Waals surface area contributed by atoms with Gasteiger partial charge in [0.25, 0.3) is 0 Å². The second kappa shape index (κ2) is 9.24. The Labute approximate surface area is 219 Å². The summed E-state index contributed by atoms with van der Waals surface area (Å²) >= 11 is 8.23. The first-order valence-corrected chi connectivity index (χ1v) is 13.9. The number of aromatic nitrogens is 1. The van der Waals surface area contributed by atoms with E-state index in [0.717, 1.165) is 30.6 Å². The SMILES string of the molecule is O=C(Cn1c2c(sc1=O)[C@H](c1ccco1)C1C(=O)N(c3ccc(Cl)cc3)C(=O)C1S2)N1CCCCC1. The number of amides is 3. The highest BCUT2D eigenvalue weighted by Gasteiger charge is 2.57. The van der Waals surface area contributed by atoms with Crippen LogP contribution in [0.4, 0.5) is 5.69 Å². The molecule has 1 aromatic carbocycles. The van der Waals surface area contributed by atoms with Crippen LogP contribution in [0.15, 0.2) is 56.9 Å². The van der Waals surface area contributed by atoms with Gasteiger partial charge in [-0.15, -0.1) is 0 Å². The molecule has 0 spiro atoms. The number of carbonyl (C=O) groups excluding carboxylic acids is 3. The maximum Gasteiger partial charge on any atom is 0.308 e. The van der Waals surface area contributed by atoms with Crippen LogP contribution in [0.1, 0.15) is 35.8 Å². The van der Waals surface area contributed by atoms with Crippen molar-refractivity contribution in [1.29, 1.82) is 0 Å². The lowest BCUT2D eigenvalue weighted by Gasteiger charge is -2.30. The third-order valence-electron chi connectivity index (χ3n) is 6.99. The van der Waals surface area contributed by atoms with Crippen LogP contribution in [-0.2, 0) is 20.9 Å². The van der Waals surface area contributed by atoms with E-state index in [2.05, 4.69) is 0 Å². The number of hydrogen-bond acceptors (Lipinski definition) is 7. The lowest BCUT2D eigenvalue weighted by atomic mass is 9.87. The van der Waals surface area contributed by atoms with Gasteiger partial charge in [-0.2, -0.15) is 0 Å². The molecule has 11 heteroatoms. The molecule has 36 heavy (non-hydrogen) atoms. The highest BCUT2D eigenvalue weighted by Crippen LogP contribution is 2.53. The number of benzene rings is 1. The number of thiazole rings is 1. The fraction of sp³-hybridized carbons (Fsp3) is 0.360. The average molecular weight is 544 g/mol. The molecule has 3 atom stereocenters. The number of thioether (sulfide) groups is 1. The van der Waals surface area contributed by atoms with Crippen molar-refractivity contribution >= 4 is 58.1 Å². The molecule has 3 aliphatic rings. The van der Waals surface area contributed by atoms with Crippen molar-refractivity contribution in [2.75, 3.05) is 18.0 Å². The molecule has 0 bridgehead atoms. The zero-order valence-electron chi connectivity index (χ0n) is 19.1. The van der Waals surface area contributed by atoms with E-state index < -0.39 is 17.1 Å². The van der Waals surface area contributed by atoms with E-state index in [1.54, 1.807) is 41.3 Å². The summed E-state index contributed by atoms with van der Waals surface area (Å²) in [6.45, 7) is 1.30. The minimum absolute atomic E-state index is 0.0804. The minimum atomic E-state index is -0.749. The molecule has 3 aromatic rings. The fourth-order valence-electron chi connectivity index (χ4n) is 5.25. The monoisotopic (exact) mass is 543 g/mol. The number of nitrogens with zero attached hydrogens (tertiary/aromatic N) is 3. The van der Waals surface area contributed by atoms with Crippen molar-refractivity contribution in [2.45, 2.75) is 42.0 Å². The van der Waals surface area contributed by atoms with E-state index in [4.69, 9.17) is 16.0 Å². The van der Waals surface area contributed by atoms with Crippen LogP contribution >= 0.6 is 34.7 Å². The van der Waals surface area contributed by atoms with Crippen LogP contribution in [0.2, 0.25) is 5.02 Å². The largest absolute Gasteiger partial charge is 0.469 e. The van der Waals surface area contributed by atoms with Crippen LogP contribution < -0.4 is 9.77 Å². The first-order valence-electron chi connectivity index (χ1n) is 11.8. The Morgan fingerprint density at radius 2 is 1.78 bits per heavy atom. The van der Waals surface area contributed by atoms with Gasteiger partial charge in [0.15, 0.2) is 0 Å². The van der Waals surface area contributed by atoms with E-state index in [0.29, 0.717) is 39.5 Å². The molecule has 0 radical (unpaired) electrons. The molecule has 0 saturated carbocycles. The van der Waals surface area contributed by atoms with Crippen LogP contribution in [0.25, 0.3) is 0 Å². The van der Waals surface area contributed by atoms with Gasteiger partial charge in [0.05, 0.1) is 33.7 Å². The molecule has 2 fully saturated rings. The summed E-state index contributed by atoms with van der Waals surface area (Å²) in [5, 5.41) is 0.320. The molecule has 0 N–H and O–H groups in total. The number of hydrogen-bond donors (Lipinski definition) is 0. The van der Waals surface area contributed by atoms with Crippen molar-refractivity contribution < 1.29 is 18.8 Å². The Morgan fingerprint density at radius 3 is 2.47 bits per heavy atom. The molecule has 0 aliphatic carbocycles. The summed E-state index contributed by atoms with van der Waals surface area (Å²) < 4.78 is 7.18. The Hall–Kier alpha value is -2.82. The number of fused-ring (bicyclic) bond motifs is 2. The second-order valence-electron chi connectivity index (χ2n) is 9.11. The summed E-state index contributed by atoms with van der Waals surface area (Å²) in [6.07, 6.45) is 4.53. The van der Waals surface area contributed by atoms with Crippen molar-refractivity contribution in [2.24, 2.45) is 5.92 Å². The molecule has 6 rings (SSSR count). The standard InChI is InChI=1S/C25H22ClN3O5S2/c26-14-6-8-15(9-7-14)29-22(31)19-18(16-5-4-12-34-16)21-24(35-20(19)23(29)32)28(25(33)36-21)13-17(30)27-10-2-1-3-11-27/h4-9,12,18-20H,1-3,10-11,13H2/t18-,19?,20?/m1/s1. The van der Waals surface area contributed by atoms with Crippen molar-refractivity contribution in [3.8, 4) is 0 Å². The fourth-order valence-corrected chi connectivity index (χ4v) is 8.13. The molecule has 2 aromatic heterocycles. The number of likely N-dealkylation sites (tertiary alicyclic amines) is 1. The number of imide groups is 1. The normalized spacial score (nSPS) is 23.6. The second-order valence-corrected chi connectivity index (χ2v) is 11.7. The maximum atomic E-state index is 13.7. The number of carbonyl (C=O) groups is 3. The molecule has 5 heterocycles. The number of furan rings is 1. The van der Waals surface area contributed by atoms with Gasteiger partial charge >= 0.3 is 4.87 Å². The summed E-state index contributed by atoms with van der Waals surface area (Å²) in [4.78, 5) is 56.8. The number of anilines is 1. The average Bonchev–Trinajstić information content (AvgIpc) is 3.58. The predicted octanol–water partition coefficient (Wildman–Crippen LogP) is 3.96. The highest BCUT2D eigenvalue weighted by atomic mass is 35.5. The zero-order valence-corrected chi connectivity index (χ0v) is 21.5. The number of halogens is 1. The summed E-state index contributed by atoms with van der Waals surface area (Å²) in [5.74, 6) is -1.62. The molecule has 186 valence electrons. The zero-order chi connectivity index (χ0) is 25.0. The third-order valence-corrected chi connectivity index (χ3v) is 9.84. The highest BCUT2D eigenvalue weighted by molar-refractivity contribution is 8.00. The Morgan fingerprint density at radius 1 is 1.03 bits per heavy atom. The first-order chi connectivity index (χ1) is 17.4. The van der Waals surface area contributed by atoms with E-state index >= 15 is 0 Å². The van der Waals surface area contributed by atoms with Gasteiger partial charge in [-0.25, -0.2) is 4.90 Å². The minimum Gasteiger partial charge on any atom is -0.469 e. The molecular weight excluding hydrogens is 522 g/mol. The van der Waals surface area contributed by atoms with Gasteiger partial charge in [-0.1, -0.05) is 34.7 Å². The molecule has 3 aliphatic heterocycles. The van der Waals surface area contributed by atoms with Gasteiger partial charge in [0.2, 0.25) is 17.7 Å². The summed E-state index contributed by atoms with van der Waals surface area (Å²) in [7, 11) is 0. The van der Waals surface area contributed by atoms with Gasteiger partial charge in [-0.3, -0.25) is 23.7 Å². The lowest BCUT2D eigenvalue weighted by Crippen LogP contribution is -2.39. The molecule has 3 amide bonds. The van der Waals surface area contributed by atoms with Crippen LogP contribution in [0.5, 0.6) is 0 Å². The van der Waals surface area contributed by atoms with E-state index in [1.165, 1.54) is 27.5 Å². The number of rotatable bonds is 4. The molecule has 8 nitrogen and oxygen atoms in total. The Kier molecular flexibility index (Phi) is 6.05. The molecule has 2 saturated heterocycles.